The number of nitrogens with one attached hydrogen (secondary N) is 1. The molecule has 0 bridgehead atoms. The van der Waals surface area contributed by atoms with Crippen molar-refractivity contribution in [3.63, 3.8) is 0 Å². The lowest BCUT2D eigenvalue weighted by Crippen LogP contribution is -2.51. The quantitative estimate of drug-likeness (QED) is 0.400. The van der Waals surface area contributed by atoms with Crippen molar-refractivity contribution in [3.8, 4) is 11.5 Å². The second kappa shape index (κ2) is 11.8. The topological polar surface area (TPSA) is 52.2 Å². The van der Waals surface area contributed by atoms with Crippen LogP contribution < -0.4 is 14.9 Å². The van der Waals surface area contributed by atoms with Crippen LogP contribution in [-0.4, -0.2) is 70.2 Å². The molecule has 1 saturated heterocycles. The molecule has 208 valence electrons. The van der Waals surface area contributed by atoms with Crippen LogP contribution in [0.25, 0.3) is 5.70 Å². The molecule has 7 nitrogen and oxygen atoms in total. The van der Waals surface area contributed by atoms with Gasteiger partial charge in [-0.1, -0.05) is 13.0 Å². The maximum absolute atomic E-state index is 5.95. The van der Waals surface area contributed by atoms with Crippen LogP contribution in [0.4, 0.5) is 0 Å². The predicted octanol–water partition coefficient (Wildman–Crippen LogP) is 5.24. The van der Waals surface area contributed by atoms with Crippen molar-refractivity contribution in [3.05, 3.63) is 52.9 Å². The number of fused-ring (bicyclic) bond motifs is 1. The van der Waals surface area contributed by atoms with Gasteiger partial charge in [0.25, 0.3) is 0 Å². The highest BCUT2D eigenvalue weighted by molar-refractivity contribution is 5.75. The minimum atomic E-state index is 0.270. The van der Waals surface area contributed by atoms with Crippen LogP contribution in [0.2, 0.25) is 0 Å². The van der Waals surface area contributed by atoms with E-state index in [9.17, 15) is 0 Å². The Morgan fingerprint density at radius 1 is 1.00 bits per heavy atom. The van der Waals surface area contributed by atoms with E-state index in [-0.39, 0.29) is 6.04 Å². The molecule has 1 aliphatic carbocycles. The molecule has 1 aromatic rings. The lowest BCUT2D eigenvalue weighted by Gasteiger charge is -2.35. The standard InChI is InChI=1S/C31H46N3O4/c1-6-25-31(33(20-23-12-13-23)19-22-9-8-15-38-16-14-22)27-11-7-10-26(34(27,2)32-25)30-28(36-4)17-24(21-35-3)18-29(30)37-5/h7,10-11,17-18,22-23,25,32H,6,8-9,12-16,19-21H2,1-5H3/q+1. The third kappa shape index (κ3) is 5.39. The van der Waals surface area contributed by atoms with Gasteiger partial charge in [0.1, 0.15) is 28.8 Å². The monoisotopic (exact) mass is 524 g/mol. The second-order valence-electron chi connectivity index (χ2n) is 11.3. The number of rotatable bonds is 11. The molecule has 5 rings (SSSR count). The minimum Gasteiger partial charge on any atom is -0.496 e. The number of likely N-dealkylation sites (N-methyl/N-ethyl adjacent to an activating group) is 1. The molecule has 3 unspecified atom stereocenters. The van der Waals surface area contributed by atoms with Gasteiger partial charge in [-0.15, -0.1) is 5.43 Å². The molecule has 4 aliphatic rings. The van der Waals surface area contributed by atoms with E-state index in [0.717, 1.165) is 73.4 Å². The van der Waals surface area contributed by atoms with Crippen molar-refractivity contribution in [1.82, 2.24) is 10.3 Å². The Hall–Kier alpha value is -2.32. The fourth-order valence-corrected chi connectivity index (χ4v) is 6.45. The molecule has 0 spiro atoms. The minimum absolute atomic E-state index is 0.270. The zero-order valence-electron chi connectivity index (χ0n) is 23.9. The van der Waals surface area contributed by atoms with Crippen molar-refractivity contribution in [1.29, 1.82) is 0 Å². The molecule has 38 heavy (non-hydrogen) atoms. The number of quaternary nitrogens is 1. The van der Waals surface area contributed by atoms with Crippen molar-refractivity contribution in [2.45, 2.75) is 58.1 Å². The molecule has 3 atom stereocenters. The Balaban J connectivity index is 1.56. The third-order valence-corrected chi connectivity index (χ3v) is 8.59. The van der Waals surface area contributed by atoms with Crippen molar-refractivity contribution < 1.29 is 23.5 Å². The summed E-state index contributed by atoms with van der Waals surface area (Å²) in [6.45, 7) is 6.87. The van der Waals surface area contributed by atoms with Crippen molar-refractivity contribution in [2.75, 3.05) is 54.7 Å². The van der Waals surface area contributed by atoms with Crippen LogP contribution in [0.3, 0.4) is 0 Å². The highest BCUT2D eigenvalue weighted by atomic mass is 16.5. The Labute approximate surface area is 228 Å². The number of hydrogen-bond donors (Lipinski definition) is 1. The van der Waals surface area contributed by atoms with E-state index in [2.05, 4.69) is 54.7 Å². The van der Waals surface area contributed by atoms with Crippen LogP contribution in [0.1, 0.15) is 56.6 Å². The molecule has 3 heterocycles. The first-order chi connectivity index (χ1) is 18.5. The average molecular weight is 525 g/mol. The Morgan fingerprint density at radius 2 is 1.71 bits per heavy atom. The summed E-state index contributed by atoms with van der Waals surface area (Å²) in [6.07, 6.45) is 14.0. The van der Waals surface area contributed by atoms with E-state index in [0.29, 0.717) is 17.1 Å². The van der Waals surface area contributed by atoms with Crippen LogP contribution in [0.15, 0.2) is 41.8 Å². The summed E-state index contributed by atoms with van der Waals surface area (Å²) < 4.78 is 23.6. The van der Waals surface area contributed by atoms with Gasteiger partial charge < -0.3 is 23.8 Å². The van der Waals surface area contributed by atoms with Crippen LogP contribution in [0.5, 0.6) is 11.5 Å². The summed E-state index contributed by atoms with van der Waals surface area (Å²) in [5.74, 6) is 3.09. The number of allylic oxidation sites excluding steroid dienone is 3. The molecule has 0 radical (unpaired) electrons. The van der Waals surface area contributed by atoms with Gasteiger partial charge in [0.05, 0.1) is 27.9 Å². The maximum Gasteiger partial charge on any atom is 0.178 e. The Bertz CT molecular complexity index is 1060. The largest absolute Gasteiger partial charge is 0.496 e. The molecular weight excluding hydrogens is 478 g/mol. The van der Waals surface area contributed by atoms with Gasteiger partial charge in [-0.2, -0.15) is 4.59 Å². The molecule has 1 aromatic carbocycles. The van der Waals surface area contributed by atoms with Gasteiger partial charge in [0, 0.05) is 45.6 Å². The zero-order valence-corrected chi connectivity index (χ0v) is 23.9. The maximum atomic E-state index is 5.95. The van der Waals surface area contributed by atoms with Gasteiger partial charge in [0.15, 0.2) is 11.4 Å². The van der Waals surface area contributed by atoms with Crippen LogP contribution in [0, 0.1) is 11.8 Å². The van der Waals surface area contributed by atoms with Gasteiger partial charge >= 0.3 is 0 Å². The lowest BCUT2D eigenvalue weighted by atomic mass is 9.97. The highest BCUT2D eigenvalue weighted by Gasteiger charge is 2.50. The fourth-order valence-electron chi connectivity index (χ4n) is 6.45. The third-order valence-electron chi connectivity index (χ3n) is 8.59. The van der Waals surface area contributed by atoms with E-state index >= 15 is 0 Å². The van der Waals surface area contributed by atoms with E-state index in [1.807, 2.05) is 0 Å². The SMILES string of the molecule is CCC1N[N+]2(C)C(c3c(OC)cc(COC)cc3OC)=CC=CC2=C1N(CC1CCCOCC1)CC1CC1. The smallest absolute Gasteiger partial charge is 0.178 e. The highest BCUT2D eigenvalue weighted by Crippen LogP contribution is 2.47. The zero-order chi connectivity index (χ0) is 26.7. The number of nitrogens with zero attached hydrogens (tertiary/aromatic N) is 2. The predicted molar refractivity (Wildman–Crippen MR) is 150 cm³/mol. The average Bonchev–Trinajstić information content (AvgIpc) is 3.73. The van der Waals surface area contributed by atoms with Gasteiger partial charge in [-0.3, -0.25) is 0 Å². The van der Waals surface area contributed by atoms with Gasteiger partial charge in [-0.05, 0) is 68.1 Å². The van der Waals surface area contributed by atoms with Crippen LogP contribution >= 0.6 is 0 Å². The van der Waals surface area contributed by atoms with Gasteiger partial charge in [-0.25, -0.2) is 0 Å². The summed E-state index contributed by atoms with van der Waals surface area (Å²) in [6, 6.07) is 4.40. The number of methoxy groups -OCH3 is 3. The van der Waals surface area contributed by atoms with Crippen molar-refractivity contribution in [2.24, 2.45) is 11.8 Å². The fraction of sp³-hybridized carbons (Fsp3) is 0.613. The summed E-state index contributed by atoms with van der Waals surface area (Å²) in [5.41, 5.74) is 9.95. The Morgan fingerprint density at radius 3 is 2.34 bits per heavy atom. The number of benzene rings is 1. The van der Waals surface area contributed by atoms with Crippen molar-refractivity contribution >= 4 is 5.70 Å². The molecule has 0 aromatic heterocycles. The second-order valence-corrected chi connectivity index (χ2v) is 11.3. The van der Waals surface area contributed by atoms with E-state index in [1.54, 1.807) is 21.3 Å². The Kier molecular flexibility index (Phi) is 8.48. The molecule has 1 saturated carbocycles. The molecule has 2 fully saturated rings. The first-order valence-corrected chi connectivity index (χ1v) is 14.4. The number of hydrogen-bond acceptors (Lipinski definition) is 6. The van der Waals surface area contributed by atoms with E-state index in [4.69, 9.17) is 18.9 Å². The molecule has 0 amide bonds. The molecule has 3 aliphatic heterocycles. The molecular formula is C31H46N3O4+. The van der Waals surface area contributed by atoms with Gasteiger partial charge in [0.2, 0.25) is 0 Å². The lowest BCUT2D eigenvalue weighted by molar-refractivity contribution is -0.840. The van der Waals surface area contributed by atoms with E-state index in [1.165, 1.54) is 37.1 Å². The molecule has 1 N–H and O–H groups in total. The first kappa shape index (κ1) is 27.3. The summed E-state index contributed by atoms with van der Waals surface area (Å²) in [4.78, 5) is 2.75. The molecule has 7 heteroatoms. The normalized spacial score (nSPS) is 27.1. The van der Waals surface area contributed by atoms with Crippen LogP contribution in [-0.2, 0) is 16.1 Å². The summed E-state index contributed by atoms with van der Waals surface area (Å²) in [7, 11) is 7.45. The van der Waals surface area contributed by atoms with E-state index < -0.39 is 0 Å². The summed E-state index contributed by atoms with van der Waals surface area (Å²) >= 11 is 0. The first-order valence-electron chi connectivity index (χ1n) is 14.4. The summed E-state index contributed by atoms with van der Waals surface area (Å²) in [5, 5.41) is 0. The number of ether oxygens (including phenoxy) is 4.